The fourth-order valence-electron chi connectivity index (χ4n) is 1.30. The third-order valence-electron chi connectivity index (χ3n) is 2.19. The first-order chi connectivity index (χ1) is 8.66. The van der Waals surface area contributed by atoms with E-state index in [1.165, 1.54) is 23.5 Å². The molecule has 94 valence electrons. The summed E-state index contributed by atoms with van der Waals surface area (Å²) in [4.78, 5) is 12.5. The number of aliphatic hydroxyl groups excluding tert-OH is 1. The molecule has 1 atom stereocenters. The van der Waals surface area contributed by atoms with Crippen molar-refractivity contribution in [2.75, 3.05) is 6.54 Å². The molecule has 0 aliphatic heterocycles. The van der Waals surface area contributed by atoms with Gasteiger partial charge in [0.2, 0.25) is 0 Å². The van der Waals surface area contributed by atoms with Gasteiger partial charge in [0.15, 0.2) is 10.8 Å². The minimum atomic E-state index is -0.714. The monoisotopic (exact) mass is 283 g/mol. The number of rotatable bonds is 4. The second kappa shape index (κ2) is 5.90. The van der Waals surface area contributed by atoms with Gasteiger partial charge in [0, 0.05) is 11.4 Å². The van der Waals surface area contributed by atoms with Crippen molar-refractivity contribution in [3.8, 4) is 0 Å². The maximum atomic E-state index is 11.7. The fourth-order valence-corrected chi connectivity index (χ4v) is 2.11. The van der Waals surface area contributed by atoms with Crippen molar-refractivity contribution in [2.45, 2.75) is 6.10 Å². The highest BCUT2D eigenvalue weighted by Gasteiger charge is 2.12. The Kier molecular flexibility index (Phi) is 4.24. The van der Waals surface area contributed by atoms with Crippen LogP contribution in [0.1, 0.15) is 21.5 Å². The van der Waals surface area contributed by atoms with Gasteiger partial charge in [0.1, 0.15) is 6.10 Å². The van der Waals surface area contributed by atoms with E-state index in [0.717, 1.165) is 4.88 Å². The molecule has 2 heterocycles. The van der Waals surface area contributed by atoms with Crippen molar-refractivity contribution < 1.29 is 9.90 Å². The first-order valence-corrected chi connectivity index (χ1v) is 6.41. The van der Waals surface area contributed by atoms with Crippen molar-refractivity contribution in [1.29, 1.82) is 0 Å². The van der Waals surface area contributed by atoms with Gasteiger partial charge in [-0.25, -0.2) is 0 Å². The van der Waals surface area contributed by atoms with Crippen molar-refractivity contribution in [2.24, 2.45) is 0 Å². The van der Waals surface area contributed by atoms with Crippen LogP contribution in [-0.2, 0) is 0 Å². The number of carbonyl (C=O) groups is 1. The van der Waals surface area contributed by atoms with E-state index in [0.29, 0.717) is 0 Å². The average Bonchev–Trinajstić information content (AvgIpc) is 2.90. The van der Waals surface area contributed by atoms with E-state index in [4.69, 9.17) is 11.6 Å². The predicted molar refractivity (Wildman–Crippen MR) is 68.7 cm³/mol. The van der Waals surface area contributed by atoms with E-state index >= 15 is 0 Å². The molecule has 0 saturated heterocycles. The van der Waals surface area contributed by atoms with Gasteiger partial charge in [-0.2, -0.15) is 0 Å². The zero-order valence-electron chi connectivity index (χ0n) is 9.21. The van der Waals surface area contributed by atoms with Crippen LogP contribution < -0.4 is 5.32 Å². The summed E-state index contributed by atoms with van der Waals surface area (Å²) in [6, 6.07) is 6.61. The molecule has 2 rings (SSSR count). The third-order valence-corrected chi connectivity index (χ3v) is 3.37. The van der Waals surface area contributed by atoms with E-state index in [1.807, 2.05) is 17.5 Å². The summed E-state index contributed by atoms with van der Waals surface area (Å²) in [6.07, 6.45) is -0.714. The van der Waals surface area contributed by atoms with Crippen LogP contribution in [0.5, 0.6) is 0 Å². The molecule has 0 spiro atoms. The maximum absolute atomic E-state index is 11.7. The van der Waals surface area contributed by atoms with E-state index in [-0.39, 0.29) is 17.4 Å². The Morgan fingerprint density at radius 1 is 1.44 bits per heavy atom. The summed E-state index contributed by atoms with van der Waals surface area (Å²) in [5.41, 5.74) is 0.165. The van der Waals surface area contributed by atoms with E-state index in [9.17, 15) is 9.90 Å². The standard InChI is InChI=1S/C11H10ClN3O2S/c12-10-4-3-7(14-15-10)11(17)13-6-8(16)9-2-1-5-18-9/h1-5,8,16H,6H2,(H,13,17). The van der Waals surface area contributed by atoms with Gasteiger partial charge in [0.05, 0.1) is 0 Å². The SMILES string of the molecule is O=C(NCC(O)c1cccs1)c1ccc(Cl)nn1. The van der Waals surface area contributed by atoms with Crippen LogP contribution in [-0.4, -0.2) is 27.8 Å². The van der Waals surface area contributed by atoms with E-state index < -0.39 is 12.0 Å². The summed E-state index contributed by atoms with van der Waals surface area (Å²) >= 11 is 7.00. The first-order valence-electron chi connectivity index (χ1n) is 5.15. The maximum Gasteiger partial charge on any atom is 0.271 e. The Balaban J connectivity index is 1.90. The van der Waals surface area contributed by atoms with Gasteiger partial charge in [-0.1, -0.05) is 17.7 Å². The van der Waals surface area contributed by atoms with Crippen molar-refractivity contribution >= 4 is 28.8 Å². The number of nitrogens with zero attached hydrogens (tertiary/aromatic N) is 2. The topological polar surface area (TPSA) is 75.1 Å². The van der Waals surface area contributed by atoms with Crippen LogP contribution in [0.15, 0.2) is 29.6 Å². The molecule has 5 nitrogen and oxygen atoms in total. The Labute approximate surface area is 112 Å². The number of thiophene rings is 1. The van der Waals surface area contributed by atoms with Gasteiger partial charge < -0.3 is 10.4 Å². The fraction of sp³-hybridized carbons (Fsp3) is 0.182. The largest absolute Gasteiger partial charge is 0.386 e. The van der Waals surface area contributed by atoms with Crippen LogP contribution in [0, 0.1) is 0 Å². The Morgan fingerprint density at radius 3 is 2.89 bits per heavy atom. The molecule has 0 bridgehead atoms. The smallest absolute Gasteiger partial charge is 0.271 e. The molecule has 0 saturated carbocycles. The number of carbonyl (C=O) groups excluding carboxylic acids is 1. The highest BCUT2D eigenvalue weighted by Crippen LogP contribution is 2.17. The zero-order chi connectivity index (χ0) is 13.0. The Bertz CT molecular complexity index is 516. The number of aliphatic hydroxyl groups is 1. The number of aromatic nitrogens is 2. The number of hydrogen-bond acceptors (Lipinski definition) is 5. The molecule has 2 N–H and O–H groups in total. The highest BCUT2D eigenvalue weighted by molar-refractivity contribution is 7.10. The zero-order valence-corrected chi connectivity index (χ0v) is 10.8. The molecule has 0 aliphatic carbocycles. The lowest BCUT2D eigenvalue weighted by atomic mass is 10.3. The lowest BCUT2D eigenvalue weighted by molar-refractivity contribution is 0.0912. The number of hydrogen-bond donors (Lipinski definition) is 2. The lowest BCUT2D eigenvalue weighted by Gasteiger charge is -2.09. The Morgan fingerprint density at radius 2 is 2.28 bits per heavy atom. The third kappa shape index (κ3) is 3.25. The van der Waals surface area contributed by atoms with Crippen LogP contribution in [0.25, 0.3) is 0 Å². The Hall–Kier alpha value is -1.50. The van der Waals surface area contributed by atoms with E-state index in [1.54, 1.807) is 0 Å². The van der Waals surface area contributed by atoms with Crippen molar-refractivity contribution in [3.63, 3.8) is 0 Å². The summed E-state index contributed by atoms with van der Waals surface area (Å²) in [6.45, 7) is 0.129. The predicted octanol–water partition coefficient (Wildman–Crippen LogP) is 1.65. The van der Waals surface area contributed by atoms with Crippen LogP contribution in [0.3, 0.4) is 0 Å². The summed E-state index contributed by atoms with van der Waals surface area (Å²) in [5.74, 6) is -0.394. The number of halogens is 1. The molecule has 1 unspecified atom stereocenters. The molecular weight excluding hydrogens is 274 g/mol. The molecule has 0 radical (unpaired) electrons. The first kappa shape index (κ1) is 12.9. The lowest BCUT2D eigenvalue weighted by Crippen LogP contribution is -2.28. The molecule has 0 fully saturated rings. The minimum absolute atomic E-state index is 0.129. The van der Waals surface area contributed by atoms with Crippen LogP contribution >= 0.6 is 22.9 Å². The van der Waals surface area contributed by atoms with Crippen LogP contribution in [0.2, 0.25) is 5.15 Å². The van der Waals surface area contributed by atoms with Crippen molar-refractivity contribution in [3.05, 3.63) is 45.4 Å². The van der Waals surface area contributed by atoms with Gasteiger partial charge >= 0.3 is 0 Å². The molecule has 7 heteroatoms. The summed E-state index contributed by atoms with van der Waals surface area (Å²) in [5, 5.41) is 21.7. The second-order valence-electron chi connectivity index (χ2n) is 3.48. The molecule has 2 aromatic rings. The highest BCUT2D eigenvalue weighted by atomic mass is 35.5. The normalized spacial score (nSPS) is 12.1. The average molecular weight is 284 g/mol. The summed E-state index contributed by atoms with van der Waals surface area (Å²) < 4.78 is 0. The van der Waals surface area contributed by atoms with Crippen LogP contribution in [0.4, 0.5) is 0 Å². The van der Waals surface area contributed by atoms with Gasteiger partial charge in [-0.05, 0) is 23.6 Å². The number of amides is 1. The van der Waals surface area contributed by atoms with E-state index in [2.05, 4.69) is 15.5 Å². The molecule has 0 aromatic carbocycles. The van der Waals surface area contributed by atoms with Crippen molar-refractivity contribution in [1.82, 2.24) is 15.5 Å². The quantitative estimate of drug-likeness (QED) is 0.895. The van der Waals surface area contributed by atoms with Gasteiger partial charge in [0.25, 0.3) is 5.91 Å². The molecule has 2 aromatic heterocycles. The molecule has 1 amide bonds. The minimum Gasteiger partial charge on any atom is -0.386 e. The molecular formula is C11H10ClN3O2S. The molecule has 18 heavy (non-hydrogen) atoms. The molecule has 0 aliphatic rings. The summed E-state index contributed by atoms with van der Waals surface area (Å²) in [7, 11) is 0. The second-order valence-corrected chi connectivity index (χ2v) is 4.85. The number of nitrogens with one attached hydrogen (secondary N) is 1. The van der Waals surface area contributed by atoms with Gasteiger partial charge in [-0.15, -0.1) is 21.5 Å². The van der Waals surface area contributed by atoms with Gasteiger partial charge in [-0.3, -0.25) is 4.79 Å².